The molecule has 3 rings (SSSR count). The molecule has 2 aromatic rings. The molecule has 5 heteroatoms. The van der Waals surface area contributed by atoms with Crippen LogP contribution in [-0.4, -0.2) is 23.8 Å². The van der Waals surface area contributed by atoms with Crippen LogP contribution in [0.2, 0.25) is 0 Å². The molecule has 1 atom stereocenters. The van der Waals surface area contributed by atoms with Crippen molar-refractivity contribution >= 4 is 0 Å². The van der Waals surface area contributed by atoms with Gasteiger partial charge in [-0.3, -0.25) is 0 Å². The van der Waals surface area contributed by atoms with Gasteiger partial charge in [0, 0.05) is 19.2 Å². The van der Waals surface area contributed by atoms with E-state index in [-0.39, 0.29) is 6.10 Å². The Balaban J connectivity index is 1.91. The van der Waals surface area contributed by atoms with Crippen LogP contribution < -0.4 is 5.32 Å². The van der Waals surface area contributed by atoms with Gasteiger partial charge in [0.2, 0.25) is 5.82 Å². The van der Waals surface area contributed by atoms with E-state index < -0.39 is 0 Å². The number of nitrogens with one attached hydrogen (secondary N) is 1. The quantitative estimate of drug-likeness (QED) is 0.914. The molecule has 0 bridgehead atoms. The third-order valence-corrected chi connectivity index (χ3v) is 3.50. The fraction of sp³-hybridized carbons (Fsp3) is 0.429. The van der Waals surface area contributed by atoms with Gasteiger partial charge in [0.05, 0.1) is 0 Å². The summed E-state index contributed by atoms with van der Waals surface area (Å²) in [6.45, 7) is 3.84. The van der Waals surface area contributed by atoms with Crippen LogP contribution in [0.4, 0.5) is 0 Å². The molecule has 0 saturated carbocycles. The average Bonchev–Trinajstić information content (AvgIpc) is 2.95. The summed E-state index contributed by atoms with van der Waals surface area (Å²) in [6, 6.07) is 6.31. The number of ether oxygens (including phenoxy) is 1. The number of hydrogen-bond acceptors (Lipinski definition) is 5. The summed E-state index contributed by atoms with van der Waals surface area (Å²) in [5.74, 6) is 1.13. The molecule has 0 spiro atoms. The van der Waals surface area contributed by atoms with Gasteiger partial charge in [0.1, 0.15) is 6.10 Å². The molecule has 1 aliphatic heterocycles. The summed E-state index contributed by atoms with van der Waals surface area (Å²) in [5.41, 5.74) is 3.67. The average molecular weight is 259 g/mol. The molecule has 1 unspecified atom stereocenters. The van der Waals surface area contributed by atoms with Crippen LogP contribution >= 0.6 is 0 Å². The molecule has 19 heavy (non-hydrogen) atoms. The van der Waals surface area contributed by atoms with Gasteiger partial charge in [-0.15, -0.1) is 0 Å². The highest BCUT2D eigenvalue weighted by Gasteiger charge is 2.16. The maximum Gasteiger partial charge on any atom is 0.258 e. The Kier molecular flexibility index (Phi) is 3.31. The normalized spacial score (nSPS) is 16.1. The lowest BCUT2D eigenvalue weighted by Crippen LogP contribution is -2.23. The molecule has 100 valence electrons. The van der Waals surface area contributed by atoms with Crippen molar-refractivity contribution in [1.29, 1.82) is 0 Å². The third kappa shape index (κ3) is 2.39. The van der Waals surface area contributed by atoms with Crippen molar-refractivity contribution in [2.24, 2.45) is 0 Å². The van der Waals surface area contributed by atoms with Gasteiger partial charge >= 0.3 is 0 Å². The van der Waals surface area contributed by atoms with E-state index in [4.69, 9.17) is 9.26 Å². The monoisotopic (exact) mass is 259 g/mol. The highest BCUT2D eigenvalue weighted by molar-refractivity contribution is 5.56. The second-order valence-electron chi connectivity index (χ2n) is 4.75. The zero-order chi connectivity index (χ0) is 13.2. The van der Waals surface area contributed by atoms with Gasteiger partial charge in [-0.25, -0.2) is 0 Å². The number of nitrogens with zero attached hydrogens (tertiary/aromatic N) is 2. The Hall–Kier alpha value is -1.72. The highest BCUT2D eigenvalue weighted by Crippen LogP contribution is 2.24. The first-order chi connectivity index (χ1) is 9.28. The van der Waals surface area contributed by atoms with Crippen molar-refractivity contribution in [3.05, 3.63) is 35.2 Å². The van der Waals surface area contributed by atoms with Gasteiger partial charge in [-0.1, -0.05) is 11.2 Å². The molecule has 1 aromatic heterocycles. The number of aromatic nitrogens is 2. The van der Waals surface area contributed by atoms with Crippen molar-refractivity contribution in [1.82, 2.24) is 15.5 Å². The Morgan fingerprint density at radius 3 is 3.11 bits per heavy atom. The van der Waals surface area contributed by atoms with Crippen molar-refractivity contribution in [3.63, 3.8) is 0 Å². The zero-order valence-corrected chi connectivity index (χ0v) is 11.1. The molecule has 2 heterocycles. The largest absolute Gasteiger partial charge is 0.374 e. The van der Waals surface area contributed by atoms with Crippen molar-refractivity contribution in [2.45, 2.75) is 26.0 Å². The van der Waals surface area contributed by atoms with Crippen LogP contribution in [0.25, 0.3) is 11.5 Å². The number of fused-ring (bicyclic) bond motifs is 1. The minimum absolute atomic E-state index is 0.156. The molecule has 1 aliphatic rings. The van der Waals surface area contributed by atoms with Crippen LogP contribution in [-0.2, 0) is 17.7 Å². The molecular weight excluding hydrogens is 242 g/mol. The van der Waals surface area contributed by atoms with Crippen LogP contribution in [0.1, 0.15) is 30.0 Å². The lowest BCUT2D eigenvalue weighted by atomic mass is 9.98. The lowest BCUT2D eigenvalue weighted by molar-refractivity contribution is 0.109. The summed E-state index contributed by atoms with van der Waals surface area (Å²) < 4.78 is 10.5. The molecule has 0 aliphatic carbocycles. The van der Waals surface area contributed by atoms with Gasteiger partial charge in [-0.2, -0.15) is 4.98 Å². The Bertz CT molecular complexity index is 580. The highest BCUT2D eigenvalue weighted by atomic mass is 16.5. The van der Waals surface area contributed by atoms with Gasteiger partial charge < -0.3 is 14.6 Å². The minimum Gasteiger partial charge on any atom is -0.374 e. The maximum atomic E-state index is 5.30. The Labute approximate surface area is 112 Å². The standard InChI is InChI=1S/C14H17N3O2/c1-9(18-2)13-16-14(19-17-13)11-4-3-10-5-6-15-8-12(10)7-11/h3-4,7,9,15H,5-6,8H2,1-2H3. The lowest BCUT2D eigenvalue weighted by Gasteiger charge is -2.17. The summed E-state index contributed by atoms with van der Waals surface area (Å²) >= 11 is 0. The van der Waals surface area contributed by atoms with E-state index in [1.54, 1.807) is 7.11 Å². The zero-order valence-electron chi connectivity index (χ0n) is 11.1. The number of benzene rings is 1. The summed E-state index contributed by atoms with van der Waals surface area (Å²) in [7, 11) is 1.63. The molecule has 1 N–H and O–H groups in total. The van der Waals surface area contributed by atoms with E-state index in [0.717, 1.165) is 25.1 Å². The van der Waals surface area contributed by atoms with E-state index in [0.29, 0.717) is 11.7 Å². The van der Waals surface area contributed by atoms with E-state index in [1.807, 2.05) is 13.0 Å². The Morgan fingerprint density at radius 2 is 2.26 bits per heavy atom. The molecule has 0 radical (unpaired) electrons. The van der Waals surface area contributed by atoms with Crippen molar-refractivity contribution in [3.8, 4) is 11.5 Å². The topological polar surface area (TPSA) is 60.2 Å². The summed E-state index contributed by atoms with van der Waals surface area (Å²) in [6.07, 6.45) is 0.919. The number of methoxy groups -OCH3 is 1. The van der Waals surface area contributed by atoms with Crippen molar-refractivity contribution in [2.75, 3.05) is 13.7 Å². The first kappa shape index (κ1) is 12.3. The van der Waals surface area contributed by atoms with Gasteiger partial charge in [0.25, 0.3) is 5.89 Å². The Morgan fingerprint density at radius 1 is 1.37 bits per heavy atom. The van der Waals surface area contributed by atoms with Crippen LogP contribution in [0.5, 0.6) is 0 Å². The van der Waals surface area contributed by atoms with Crippen LogP contribution in [0.15, 0.2) is 22.7 Å². The predicted octanol–water partition coefficient (Wildman–Crippen LogP) is 2.09. The third-order valence-electron chi connectivity index (χ3n) is 3.50. The molecule has 1 aromatic carbocycles. The van der Waals surface area contributed by atoms with E-state index in [9.17, 15) is 0 Å². The van der Waals surface area contributed by atoms with Crippen molar-refractivity contribution < 1.29 is 9.26 Å². The molecule has 0 amide bonds. The first-order valence-corrected chi connectivity index (χ1v) is 6.47. The molecular formula is C14H17N3O2. The van der Waals surface area contributed by atoms with E-state index in [2.05, 4.69) is 27.6 Å². The fourth-order valence-electron chi connectivity index (χ4n) is 2.24. The van der Waals surface area contributed by atoms with E-state index >= 15 is 0 Å². The summed E-state index contributed by atoms with van der Waals surface area (Å²) in [5, 5.41) is 7.31. The molecule has 5 nitrogen and oxygen atoms in total. The van der Waals surface area contributed by atoms with Gasteiger partial charge in [0.15, 0.2) is 0 Å². The SMILES string of the molecule is COC(C)c1noc(-c2ccc3c(c2)CNCC3)n1. The smallest absolute Gasteiger partial charge is 0.258 e. The fourth-order valence-corrected chi connectivity index (χ4v) is 2.24. The maximum absolute atomic E-state index is 5.30. The molecule has 0 fully saturated rings. The predicted molar refractivity (Wildman–Crippen MR) is 70.6 cm³/mol. The number of rotatable bonds is 3. The summed E-state index contributed by atoms with van der Waals surface area (Å²) in [4.78, 5) is 4.38. The van der Waals surface area contributed by atoms with Crippen LogP contribution in [0, 0.1) is 0 Å². The van der Waals surface area contributed by atoms with Crippen LogP contribution in [0.3, 0.4) is 0 Å². The second-order valence-corrected chi connectivity index (χ2v) is 4.75. The minimum atomic E-state index is -0.156. The number of hydrogen-bond donors (Lipinski definition) is 1. The molecule has 0 saturated heterocycles. The van der Waals surface area contributed by atoms with Gasteiger partial charge in [-0.05, 0) is 43.1 Å². The first-order valence-electron chi connectivity index (χ1n) is 6.47. The van der Waals surface area contributed by atoms with E-state index in [1.165, 1.54) is 11.1 Å². The second kappa shape index (κ2) is 5.11.